The molecule has 0 atom stereocenters. The van der Waals surface area contributed by atoms with Gasteiger partial charge < -0.3 is 9.15 Å². The second-order valence-electron chi connectivity index (χ2n) is 7.40. The summed E-state index contributed by atoms with van der Waals surface area (Å²) in [6.45, 7) is 2.96. The number of ketones is 1. The van der Waals surface area contributed by atoms with Gasteiger partial charge in [-0.15, -0.1) is 0 Å². The molecule has 0 N–H and O–H groups in total. The summed E-state index contributed by atoms with van der Waals surface area (Å²) >= 11 is 0. The monoisotopic (exact) mass is 444 g/mol. The zero-order valence-corrected chi connectivity index (χ0v) is 18.1. The maximum absolute atomic E-state index is 12.9. The normalized spacial score (nSPS) is 15.3. The van der Waals surface area contributed by atoms with Crippen molar-refractivity contribution in [3.8, 4) is 5.75 Å². The van der Waals surface area contributed by atoms with Crippen molar-refractivity contribution in [2.45, 2.75) is 37.6 Å². The largest absolute Gasteiger partial charge is 0.493 e. The van der Waals surface area contributed by atoms with Crippen LogP contribution in [0.25, 0.3) is 11.1 Å². The van der Waals surface area contributed by atoms with E-state index in [1.165, 1.54) is 27.1 Å². The fourth-order valence-corrected chi connectivity index (χ4v) is 5.35. The predicted octanol–water partition coefficient (Wildman–Crippen LogP) is 3.05. The third-order valence-corrected chi connectivity index (χ3v) is 7.28. The van der Waals surface area contributed by atoms with Crippen molar-refractivity contribution in [1.29, 1.82) is 0 Å². The van der Waals surface area contributed by atoms with Gasteiger partial charge in [-0.05, 0) is 44.0 Å². The van der Waals surface area contributed by atoms with Crippen LogP contribution in [0.15, 0.2) is 56.6 Å². The van der Waals surface area contributed by atoms with Gasteiger partial charge in [-0.3, -0.25) is 9.36 Å². The Morgan fingerprint density at radius 3 is 2.58 bits per heavy atom. The first kappa shape index (κ1) is 21.3. The van der Waals surface area contributed by atoms with Gasteiger partial charge in [-0.2, -0.15) is 4.31 Å². The lowest BCUT2D eigenvalue weighted by molar-refractivity contribution is 0.0967. The van der Waals surface area contributed by atoms with Crippen molar-refractivity contribution in [2.24, 2.45) is 0 Å². The Bertz CT molecular complexity index is 1270. The summed E-state index contributed by atoms with van der Waals surface area (Å²) in [4.78, 5) is 25.4. The van der Waals surface area contributed by atoms with Gasteiger partial charge in [0.2, 0.25) is 10.0 Å². The number of nitrogens with zero attached hydrogens (tertiary/aromatic N) is 2. The molecule has 1 aliphatic rings. The van der Waals surface area contributed by atoms with Crippen molar-refractivity contribution >= 4 is 26.9 Å². The van der Waals surface area contributed by atoms with Crippen molar-refractivity contribution < 1.29 is 22.4 Å². The SMILES string of the molecule is CCOc1ccccc1C(=O)Cn1c(=O)oc2cc(S(=O)(=O)N3CCCCC3)ccc21. The Kier molecular flexibility index (Phi) is 5.97. The topological polar surface area (TPSA) is 98.8 Å². The molecule has 2 aromatic carbocycles. The first-order chi connectivity index (χ1) is 14.9. The Morgan fingerprint density at radius 2 is 1.84 bits per heavy atom. The average molecular weight is 445 g/mol. The summed E-state index contributed by atoms with van der Waals surface area (Å²) in [5.41, 5.74) is 0.869. The number of oxazole rings is 1. The number of para-hydroxylation sites is 1. The van der Waals surface area contributed by atoms with E-state index in [1.54, 1.807) is 24.3 Å². The molecule has 31 heavy (non-hydrogen) atoms. The van der Waals surface area contributed by atoms with E-state index >= 15 is 0 Å². The number of carbonyl (C=O) groups excluding carboxylic acids is 1. The number of piperidine rings is 1. The molecule has 3 aromatic rings. The maximum atomic E-state index is 12.9. The number of rotatable bonds is 7. The number of benzene rings is 2. The fourth-order valence-electron chi connectivity index (χ4n) is 3.82. The highest BCUT2D eigenvalue weighted by atomic mass is 32.2. The van der Waals surface area contributed by atoms with Gasteiger partial charge in [-0.25, -0.2) is 13.2 Å². The highest BCUT2D eigenvalue weighted by Gasteiger charge is 2.27. The first-order valence-corrected chi connectivity index (χ1v) is 11.7. The summed E-state index contributed by atoms with van der Waals surface area (Å²) in [7, 11) is -3.66. The van der Waals surface area contributed by atoms with E-state index < -0.39 is 15.8 Å². The Hall–Kier alpha value is -2.91. The van der Waals surface area contributed by atoms with E-state index in [4.69, 9.17) is 9.15 Å². The van der Waals surface area contributed by atoms with Crippen LogP contribution in [0.3, 0.4) is 0 Å². The molecule has 1 saturated heterocycles. The molecule has 4 rings (SSSR count). The van der Waals surface area contributed by atoms with Crippen molar-refractivity contribution in [1.82, 2.24) is 8.87 Å². The van der Waals surface area contributed by atoms with E-state index in [1.807, 2.05) is 6.92 Å². The molecule has 0 amide bonds. The van der Waals surface area contributed by atoms with Gasteiger partial charge in [-0.1, -0.05) is 18.6 Å². The molecule has 0 saturated carbocycles. The molecule has 0 bridgehead atoms. The molecule has 164 valence electrons. The highest BCUT2D eigenvalue weighted by molar-refractivity contribution is 7.89. The molecular formula is C22H24N2O6S. The highest BCUT2D eigenvalue weighted by Crippen LogP contribution is 2.25. The van der Waals surface area contributed by atoms with Gasteiger partial charge in [0.05, 0.1) is 29.1 Å². The van der Waals surface area contributed by atoms with E-state index in [9.17, 15) is 18.0 Å². The Labute approximate surface area is 180 Å². The molecule has 9 heteroatoms. The average Bonchev–Trinajstić information content (AvgIpc) is 3.09. The molecule has 2 heterocycles. The summed E-state index contributed by atoms with van der Waals surface area (Å²) in [5.74, 6) is -0.575. The first-order valence-electron chi connectivity index (χ1n) is 10.3. The van der Waals surface area contributed by atoms with Crippen LogP contribution >= 0.6 is 0 Å². The quantitative estimate of drug-likeness (QED) is 0.520. The summed E-state index contributed by atoms with van der Waals surface area (Å²) in [6, 6.07) is 11.2. The number of fused-ring (bicyclic) bond motifs is 1. The minimum atomic E-state index is -3.66. The number of ether oxygens (including phenoxy) is 1. The van der Waals surface area contributed by atoms with Crippen LogP contribution in [0.2, 0.25) is 0 Å². The lowest BCUT2D eigenvalue weighted by atomic mass is 10.1. The second-order valence-corrected chi connectivity index (χ2v) is 9.34. The lowest BCUT2D eigenvalue weighted by Crippen LogP contribution is -2.35. The van der Waals surface area contributed by atoms with E-state index in [0.29, 0.717) is 36.5 Å². The van der Waals surface area contributed by atoms with E-state index in [-0.39, 0.29) is 22.8 Å². The van der Waals surface area contributed by atoms with Crippen LogP contribution in [0, 0.1) is 0 Å². The minimum absolute atomic E-state index is 0.0795. The number of hydrogen-bond donors (Lipinski definition) is 0. The number of hydrogen-bond acceptors (Lipinski definition) is 6. The predicted molar refractivity (Wildman–Crippen MR) is 115 cm³/mol. The molecule has 1 aliphatic heterocycles. The minimum Gasteiger partial charge on any atom is -0.493 e. The molecule has 0 aliphatic carbocycles. The van der Waals surface area contributed by atoms with Crippen LogP contribution in [0.1, 0.15) is 36.5 Å². The zero-order chi connectivity index (χ0) is 22.0. The van der Waals surface area contributed by atoms with Crippen LogP contribution < -0.4 is 10.5 Å². The second kappa shape index (κ2) is 8.68. The maximum Gasteiger partial charge on any atom is 0.420 e. The summed E-state index contributed by atoms with van der Waals surface area (Å²) in [6.07, 6.45) is 2.68. The van der Waals surface area contributed by atoms with Gasteiger partial charge in [0.15, 0.2) is 11.4 Å². The number of Topliss-reactive ketones (excluding diaryl/α,β-unsaturated/α-hetero) is 1. The third-order valence-electron chi connectivity index (χ3n) is 5.38. The zero-order valence-electron chi connectivity index (χ0n) is 17.2. The van der Waals surface area contributed by atoms with Gasteiger partial charge in [0.25, 0.3) is 0 Å². The van der Waals surface area contributed by atoms with Gasteiger partial charge in [0, 0.05) is 19.2 Å². The number of sulfonamides is 1. The van der Waals surface area contributed by atoms with Crippen molar-refractivity contribution in [2.75, 3.05) is 19.7 Å². The van der Waals surface area contributed by atoms with Crippen LogP contribution in [-0.2, 0) is 16.6 Å². The molecule has 0 spiro atoms. The van der Waals surface area contributed by atoms with Gasteiger partial charge in [0.1, 0.15) is 5.75 Å². The van der Waals surface area contributed by atoms with Gasteiger partial charge >= 0.3 is 5.76 Å². The number of aromatic nitrogens is 1. The van der Waals surface area contributed by atoms with Crippen molar-refractivity contribution in [3.63, 3.8) is 0 Å². The lowest BCUT2D eigenvalue weighted by Gasteiger charge is -2.25. The molecular weight excluding hydrogens is 420 g/mol. The van der Waals surface area contributed by atoms with Crippen LogP contribution in [-0.4, -0.2) is 42.8 Å². The van der Waals surface area contributed by atoms with E-state index in [0.717, 1.165) is 19.3 Å². The summed E-state index contributed by atoms with van der Waals surface area (Å²) in [5, 5.41) is 0. The Morgan fingerprint density at radius 1 is 1.10 bits per heavy atom. The standard InChI is InChI=1S/C22H24N2O6S/c1-2-29-20-9-5-4-8-17(20)19(25)15-24-18-11-10-16(14-21(18)30-22(24)26)31(27,28)23-12-6-3-7-13-23/h4-5,8-11,14H,2-3,6-7,12-13,15H2,1H3. The number of carbonyl (C=O) groups is 1. The smallest absolute Gasteiger partial charge is 0.420 e. The Balaban J connectivity index is 1.65. The summed E-state index contributed by atoms with van der Waals surface area (Å²) < 4.78 is 39.3. The molecule has 1 fully saturated rings. The fraction of sp³-hybridized carbons (Fsp3) is 0.364. The third kappa shape index (κ3) is 4.15. The van der Waals surface area contributed by atoms with Crippen LogP contribution in [0.4, 0.5) is 0 Å². The van der Waals surface area contributed by atoms with Crippen LogP contribution in [0.5, 0.6) is 5.75 Å². The molecule has 1 aromatic heterocycles. The van der Waals surface area contributed by atoms with Crippen molar-refractivity contribution in [3.05, 3.63) is 58.6 Å². The molecule has 8 nitrogen and oxygen atoms in total. The molecule has 0 unspecified atom stereocenters. The molecule has 0 radical (unpaired) electrons. The van der Waals surface area contributed by atoms with E-state index in [2.05, 4.69) is 0 Å².